The normalized spacial score (nSPS) is 16.0. The lowest BCUT2D eigenvalue weighted by Crippen LogP contribution is -2.26. The molecule has 0 radical (unpaired) electrons. The molecule has 3 aliphatic rings. The molecule has 0 saturated carbocycles. The summed E-state index contributed by atoms with van der Waals surface area (Å²) in [5, 5.41) is 10.3. The fourth-order valence-electron chi connectivity index (χ4n) is 12.3. The Bertz CT molecular complexity index is 3790. The number of rotatable bonds is 3. The van der Waals surface area contributed by atoms with E-state index in [4.69, 9.17) is 0 Å². The summed E-state index contributed by atoms with van der Waals surface area (Å²) in [7, 11) is 0. The minimum absolute atomic E-state index is 0.133. The van der Waals surface area contributed by atoms with Crippen molar-refractivity contribution < 1.29 is 0 Å². The van der Waals surface area contributed by atoms with E-state index in [1.54, 1.807) is 0 Å². The van der Waals surface area contributed by atoms with Crippen LogP contribution in [0.15, 0.2) is 212 Å². The lowest BCUT2D eigenvalue weighted by molar-refractivity contribution is 0.660. The van der Waals surface area contributed by atoms with Crippen LogP contribution >= 0.6 is 0 Å². The predicted molar refractivity (Wildman–Crippen MR) is 265 cm³/mol. The monoisotopic (exact) mass is 799 g/mol. The van der Waals surface area contributed by atoms with Crippen LogP contribution in [0, 0.1) is 0 Å². The molecular formula is C62H41N. The van der Waals surface area contributed by atoms with Crippen molar-refractivity contribution in [2.24, 2.45) is 0 Å². The van der Waals surface area contributed by atoms with Gasteiger partial charge in [0.05, 0.1) is 11.1 Å². The van der Waals surface area contributed by atoms with Gasteiger partial charge in [-0.25, -0.2) is 0 Å². The van der Waals surface area contributed by atoms with Gasteiger partial charge < -0.3 is 4.90 Å². The Morgan fingerprint density at radius 3 is 1.37 bits per heavy atom. The van der Waals surface area contributed by atoms with Gasteiger partial charge in [0.1, 0.15) is 0 Å². The van der Waals surface area contributed by atoms with Crippen LogP contribution in [0.4, 0.5) is 17.1 Å². The maximum atomic E-state index is 2.57. The van der Waals surface area contributed by atoms with E-state index in [1.165, 1.54) is 116 Å². The molecule has 63 heavy (non-hydrogen) atoms. The third-order valence-electron chi connectivity index (χ3n) is 15.0. The summed E-state index contributed by atoms with van der Waals surface area (Å²) in [6, 6.07) is 80.5. The fourth-order valence-corrected chi connectivity index (χ4v) is 12.3. The van der Waals surface area contributed by atoms with Crippen molar-refractivity contribution in [3.63, 3.8) is 0 Å². The second-order valence-electron chi connectivity index (χ2n) is 18.3. The highest BCUT2D eigenvalue weighted by Crippen LogP contribution is 2.64. The van der Waals surface area contributed by atoms with Gasteiger partial charge >= 0.3 is 0 Å². The third-order valence-corrected chi connectivity index (χ3v) is 15.0. The molecule has 0 aromatic heterocycles. The highest BCUT2D eigenvalue weighted by Gasteiger charge is 2.52. The van der Waals surface area contributed by atoms with E-state index in [0.29, 0.717) is 0 Å². The molecule has 0 heterocycles. The van der Waals surface area contributed by atoms with Crippen LogP contribution in [0.3, 0.4) is 0 Å². The first-order chi connectivity index (χ1) is 31.0. The van der Waals surface area contributed by atoms with Crippen LogP contribution in [0.1, 0.15) is 47.2 Å². The lowest BCUT2D eigenvalue weighted by Gasteiger charge is -2.33. The van der Waals surface area contributed by atoms with E-state index < -0.39 is 5.41 Å². The van der Waals surface area contributed by atoms with Crippen molar-refractivity contribution in [1.82, 2.24) is 0 Å². The molecule has 3 aliphatic carbocycles. The number of nitrogens with zero attached hydrogens (tertiary/aromatic N) is 1. The van der Waals surface area contributed by atoms with Gasteiger partial charge in [-0.2, -0.15) is 0 Å². The van der Waals surface area contributed by atoms with Gasteiger partial charge in [-0.15, -0.1) is 0 Å². The van der Waals surface area contributed by atoms with E-state index in [1.807, 2.05) is 0 Å². The Morgan fingerprint density at radius 2 is 0.714 bits per heavy atom. The first-order valence-corrected chi connectivity index (χ1v) is 22.3. The molecular weight excluding hydrogens is 759 g/mol. The summed E-state index contributed by atoms with van der Waals surface area (Å²) in [6.45, 7) is 4.76. The number of hydrogen-bond donors (Lipinski definition) is 0. The summed E-state index contributed by atoms with van der Waals surface area (Å²) in [6.07, 6.45) is 0. The standard InChI is InChI=1S/C62H41N/c1-61(2)54-26-12-9-23-46(54)49-32-30-39(34-57(49)61)63(60-29-15-17-38-16-3-4-18-41(38)60)40-31-33-50-47-24-10-13-27-55(47)62(58(50)35-40)56-28-14-11-25-48(56)53-36-51-44-21-7-5-19-42(44)43-20-6-8-22-45(43)52(51)37-59(53)62/h3-37H,1-2H3. The van der Waals surface area contributed by atoms with Crippen LogP contribution in [-0.4, -0.2) is 0 Å². The molecule has 1 spiro atoms. The van der Waals surface area contributed by atoms with Crippen molar-refractivity contribution in [2.45, 2.75) is 24.7 Å². The van der Waals surface area contributed by atoms with E-state index in [0.717, 1.165) is 11.4 Å². The third kappa shape index (κ3) is 4.46. The first kappa shape index (κ1) is 34.9. The molecule has 11 aromatic carbocycles. The Hall–Kier alpha value is -7.74. The average molecular weight is 800 g/mol. The fraction of sp³-hybridized carbons (Fsp3) is 0.0645. The molecule has 14 rings (SSSR count). The number of benzene rings is 11. The van der Waals surface area contributed by atoms with Crippen LogP contribution in [0.5, 0.6) is 0 Å². The van der Waals surface area contributed by atoms with Crippen LogP contribution in [-0.2, 0) is 10.8 Å². The van der Waals surface area contributed by atoms with Gasteiger partial charge in [-0.3, -0.25) is 0 Å². The summed E-state index contributed by atoms with van der Waals surface area (Å²) in [4.78, 5) is 2.53. The quantitative estimate of drug-likeness (QED) is 0.161. The SMILES string of the molecule is CC1(C)c2ccccc2-c2ccc(N(c3ccc4c(c3)C3(c5ccccc5-4)c4ccccc4-c4cc5c6ccccc6c6ccccc6c5cc43)c3cccc4ccccc34)cc21. The Labute approximate surface area is 367 Å². The molecule has 294 valence electrons. The molecule has 0 N–H and O–H groups in total. The summed E-state index contributed by atoms with van der Waals surface area (Å²) in [5.41, 5.74) is 18.8. The zero-order chi connectivity index (χ0) is 41.6. The molecule has 1 heteroatoms. The molecule has 1 unspecified atom stereocenters. The van der Waals surface area contributed by atoms with Gasteiger partial charge in [0.15, 0.2) is 0 Å². The van der Waals surface area contributed by atoms with Crippen LogP contribution in [0.2, 0.25) is 0 Å². The summed E-state index contributed by atoms with van der Waals surface area (Å²) < 4.78 is 0. The molecule has 0 fully saturated rings. The molecule has 1 atom stereocenters. The van der Waals surface area contributed by atoms with Gasteiger partial charge in [0.25, 0.3) is 0 Å². The number of hydrogen-bond acceptors (Lipinski definition) is 1. The topological polar surface area (TPSA) is 3.24 Å². The molecule has 11 aromatic rings. The smallest absolute Gasteiger partial charge is 0.0726 e. The van der Waals surface area contributed by atoms with Gasteiger partial charge in [0.2, 0.25) is 0 Å². The maximum absolute atomic E-state index is 2.57. The van der Waals surface area contributed by atoms with E-state index in [-0.39, 0.29) is 5.41 Å². The molecule has 0 saturated heterocycles. The number of fused-ring (bicyclic) bond motifs is 20. The highest BCUT2D eigenvalue weighted by molar-refractivity contribution is 6.26. The summed E-state index contributed by atoms with van der Waals surface area (Å²) >= 11 is 0. The average Bonchev–Trinajstić information content (AvgIpc) is 3.89. The Kier molecular flexibility index (Phi) is 6.89. The minimum Gasteiger partial charge on any atom is -0.310 e. The Morgan fingerprint density at radius 1 is 0.286 bits per heavy atom. The number of anilines is 3. The zero-order valence-corrected chi connectivity index (χ0v) is 35.2. The molecule has 0 aliphatic heterocycles. The first-order valence-electron chi connectivity index (χ1n) is 22.3. The van der Waals surface area contributed by atoms with Crippen molar-refractivity contribution in [3.8, 4) is 33.4 Å². The lowest BCUT2D eigenvalue weighted by atomic mass is 9.70. The second-order valence-corrected chi connectivity index (χ2v) is 18.3. The second kappa shape index (κ2) is 12.4. The predicted octanol–water partition coefficient (Wildman–Crippen LogP) is 16.4. The van der Waals surface area contributed by atoms with E-state index >= 15 is 0 Å². The Balaban J connectivity index is 1.07. The summed E-state index contributed by atoms with van der Waals surface area (Å²) in [5.74, 6) is 0. The zero-order valence-electron chi connectivity index (χ0n) is 35.2. The molecule has 0 bridgehead atoms. The van der Waals surface area contributed by atoms with Gasteiger partial charge in [-0.1, -0.05) is 184 Å². The van der Waals surface area contributed by atoms with Crippen LogP contribution < -0.4 is 4.90 Å². The van der Waals surface area contributed by atoms with Crippen molar-refractivity contribution in [3.05, 3.63) is 246 Å². The minimum atomic E-state index is -0.527. The van der Waals surface area contributed by atoms with Crippen molar-refractivity contribution in [2.75, 3.05) is 4.90 Å². The van der Waals surface area contributed by atoms with Gasteiger partial charge in [-0.05, 0) is 147 Å². The van der Waals surface area contributed by atoms with Gasteiger partial charge in [0, 0.05) is 22.2 Å². The van der Waals surface area contributed by atoms with E-state index in [9.17, 15) is 0 Å². The van der Waals surface area contributed by atoms with Crippen molar-refractivity contribution in [1.29, 1.82) is 0 Å². The highest BCUT2D eigenvalue weighted by atomic mass is 15.1. The largest absolute Gasteiger partial charge is 0.310 e. The molecule has 0 amide bonds. The van der Waals surface area contributed by atoms with Crippen LogP contribution in [0.25, 0.3) is 76.5 Å². The maximum Gasteiger partial charge on any atom is 0.0726 e. The van der Waals surface area contributed by atoms with E-state index in [2.05, 4.69) is 231 Å². The molecule has 1 nitrogen and oxygen atoms in total. The van der Waals surface area contributed by atoms with Crippen molar-refractivity contribution >= 4 is 60.2 Å².